The molecule has 0 aromatic carbocycles. The van der Waals surface area contributed by atoms with Crippen molar-refractivity contribution in [2.24, 2.45) is 0 Å². The van der Waals surface area contributed by atoms with Gasteiger partial charge in [0.2, 0.25) is 0 Å². The Morgan fingerprint density at radius 1 is 1.29 bits per heavy atom. The highest BCUT2D eigenvalue weighted by atomic mass is 32.1. The predicted molar refractivity (Wildman–Crippen MR) is 99.9 cm³/mol. The minimum absolute atomic E-state index is 0.203. The van der Waals surface area contributed by atoms with Crippen LogP contribution in [0.3, 0.4) is 0 Å². The summed E-state index contributed by atoms with van der Waals surface area (Å²) < 4.78 is 4.80. The summed E-state index contributed by atoms with van der Waals surface area (Å²) in [5, 5.41) is 1.99. The first kappa shape index (κ1) is 22.2. The van der Waals surface area contributed by atoms with Crippen LogP contribution >= 0.6 is 11.3 Å². The molecule has 0 unspecified atom stereocenters. The van der Waals surface area contributed by atoms with Crippen molar-refractivity contribution in [2.75, 3.05) is 13.2 Å². The molecule has 0 saturated heterocycles. The van der Waals surface area contributed by atoms with Crippen molar-refractivity contribution in [1.82, 2.24) is 4.90 Å². The van der Waals surface area contributed by atoms with Gasteiger partial charge in [0.1, 0.15) is 0 Å². The lowest BCUT2D eigenvalue weighted by Gasteiger charge is -2.34. The highest BCUT2D eigenvalue weighted by Gasteiger charge is 2.31. The van der Waals surface area contributed by atoms with Crippen molar-refractivity contribution in [3.63, 3.8) is 0 Å². The summed E-state index contributed by atoms with van der Waals surface area (Å²) in [6.07, 6.45) is 1.40. The van der Waals surface area contributed by atoms with Crippen LogP contribution in [0.2, 0.25) is 0 Å². The number of hydrogen-bond acceptors (Lipinski definition) is 4. The Kier molecular flexibility index (Phi) is 10.8. The molecule has 0 N–H and O–H groups in total. The van der Waals surface area contributed by atoms with E-state index in [1.165, 1.54) is 0 Å². The molecule has 0 radical (unpaired) electrons. The maximum Gasteiger partial charge on any atom is 0.397 e. The van der Waals surface area contributed by atoms with Crippen LogP contribution in [0.4, 0.5) is 0 Å². The van der Waals surface area contributed by atoms with E-state index in [0.29, 0.717) is 13.0 Å². The van der Waals surface area contributed by atoms with Crippen LogP contribution in [0.15, 0.2) is 17.5 Å². The molecule has 1 amide bonds. The Hall–Kier alpha value is -1.80. The second-order valence-corrected chi connectivity index (χ2v) is 6.68. The molecule has 24 heavy (non-hydrogen) atoms. The normalized spacial score (nSPS) is 9.92. The largest absolute Gasteiger partial charge is 0.459 e. The van der Waals surface area contributed by atoms with Crippen LogP contribution in [0.5, 0.6) is 0 Å². The Balaban J connectivity index is 0.00000254. The first-order valence-electron chi connectivity index (χ1n) is 8.37. The lowest BCUT2D eigenvalue weighted by atomic mass is 10.1. The molecule has 1 rings (SSSR count). The van der Waals surface area contributed by atoms with Gasteiger partial charge in [0.05, 0.1) is 11.5 Å². The Morgan fingerprint density at radius 3 is 2.46 bits per heavy atom. The highest BCUT2D eigenvalue weighted by molar-refractivity contribution is 7.10. The van der Waals surface area contributed by atoms with E-state index in [-0.39, 0.29) is 6.61 Å². The molecular formula is C19H29NO3S. The van der Waals surface area contributed by atoms with E-state index in [2.05, 4.69) is 11.8 Å². The van der Waals surface area contributed by atoms with Gasteiger partial charge in [-0.15, -0.1) is 11.3 Å². The van der Waals surface area contributed by atoms with E-state index in [1.54, 1.807) is 23.2 Å². The molecule has 1 heterocycles. The van der Waals surface area contributed by atoms with E-state index < -0.39 is 17.4 Å². The van der Waals surface area contributed by atoms with E-state index in [1.807, 2.05) is 52.1 Å². The van der Waals surface area contributed by atoms with Crippen molar-refractivity contribution < 1.29 is 14.3 Å². The zero-order valence-corrected chi connectivity index (χ0v) is 16.5. The van der Waals surface area contributed by atoms with Gasteiger partial charge in [0.25, 0.3) is 0 Å². The van der Waals surface area contributed by atoms with Crippen LogP contribution < -0.4 is 0 Å². The van der Waals surface area contributed by atoms with E-state index in [4.69, 9.17) is 4.74 Å². The Labute approximate surface area is 150 Å². The molecule has 0 aliphatic heterocycles. The second-order valence-electron chi connectivity index (χ2n) is 5.73. The number of thiophene rings is 1. The number of carbonyl (C=O) groups excluding carboxylic acids is 2. The standard InChI is InChI=1S/C17H23NO3S.C2H6/c1-5-21-16(20)15(19)18(17(2,3)4)12-8-6-7-10-14-11-9-13-22-14;1-2/h9,11,13H,5-6,8,12H2,1-4H3;1-2H3. The SMILES string of the molecule is CC.CCOC(=O)C(=O)N(CCCC#Cc1cccs1)C(C)(C)C. The molecule has 0 atom stereocenters. The highest BCUT2D eigenvalue weighted by Crippen LogP contribution is 2.15. The quantitative estimate of drug-likeness (QED) is 0.355. The number of hydrogen-bond donors (Lipinski definition) is 0. The third-order valence-corrected chi connectivity index (χ3v) is 3.71. The predicted octanol–water partition coefficient (Wildman–Crippen LogP) is 4.10. The first-order chi connectivity index (χ1) is 11.4. The van der Waals surface area contributed by atoms with Crippen molar-refractivity contribution in [3.8, 4) is 11.8 Å². The molecule has 1 aromatic rings. The summed E-state index contributed by atoms with van der Waals surface area (Å²) in [6.45, 7) is 12.1. The van der Waals surface area contributed by atoms with Crippen LogP contribution in [0.1, 0.15) is 59.3 Å². The molecule has 134 valence electrons. The van der Waals surface area contributed by atoms with Gasteiger partial charge < -0.3 is 9.64 Å². The lowest BCUT2D eigenvalue weighted by Crippen LogP contribution is -2.49. The third kappa shape index (κ3) is 8.16. The topological polar surface area (TPSA) is 46.6 Å². The fraction of sp³-hybridized carbons (Fsp3) is 0.579. The van der Waals surface area contributed by atoms with Crippen molar-refractivity contribution in [2.45, 2.75) is 59.9 Å². The molecule has 0 saturated carbocycles. The third-order valence-electron chi connectivity index (χ3n) is 2.92. The molecule has 0 aliphatic carbocycles. The number of rotatable bonds is 4. The monoisotopic (exact) mass is 351 g/mol. The Bertz CT molecular complexity index is 547. The number of ether oxygens (including phenoxy) is 1. The molecule has 0 aliphatic rings. The smallest absolute Gasteiger partial charge is 0.397 e. The minimum atomic E-state index is -0.790. The number of unbranched alkanes of at least 4 members (excludes halogenated alkanes) is 1. The summed E-state index contributed by atoms with van der Waals surface area (Å²) in [6, 6.07) is 3.94. The van der Waals surface area contributed by atoms with Gasteiger partial charge >= 0.3 is 11.9 Å². The van der Waals surface area contributed by atoms with E-state index in [0.717, 1.165) is 11.3 Å². The molecule has 5 heteroatoms. The van der Waals surface area contributed by atoms with Crippen LogP contribution in [0.25, 0.3) is 0 Å². The molecule has 0 fully saturated rings. The van der Waals surface area contributed by atoms with Crippen molar-refractivity contribution in [3.05, 3.63) is 22.4 Å². The van der Waals surface area contributed by atoms with Crippen LogP contribution in [-0.4, -0.2) is 35.5 Å². The van der Waals surface area contributed by atoms with Gasteiger partial charge in [-0.2, -0.15) is 0 Å². The molecule has 4 nitrogen and oxygen atoms in total. The lowest BCUT2D eigenvalue weighted by molar-refractivity contribution is -0.162. The molecule has 1 aromatic heterocycles. The Morgan fingerprint density at radius 2 is 1.96 bits per heavy atom. The zero-order chi connectivity index (χ0) is 18.6. The van der Waals surface area contributed by atoms with Crippen LogP contribution in [0, 0.1) is 11.8 Å². The molecule has 0 spiro atoms. The average Bonchev–Trinajstić information content (AvgIpc) is 3.04. The van der Waals surface area contributed by atoms with Gasteiger partial charge in [-0.3, -0.25) is 4.79 Å². The number of amides is 1. The summed E-state index contributed by atoms with van der Waals surface area (Å²) in [5.74, 6) is 4.80. The molecule has 0 bridgehead atoms. The van der Waals surface area contributed by atoms with Gasteiger partial charge in [-0.1, -0.05) is 31.8 Å². The maximum atomic E-state index is 12.1. The van der Waals surface area contributed by atoms with E-state index in [9.17, 15) is 9.59 Å². The zero-order valence-electron chi connectivity index (χ0n) is 15.6. The number of esters is 1. The van der Waals surface area contributed by atoms with Gasteiger partial charge in [-0.05, 0) is 45.6 Å². The summed E-state index contributed by atoms with van der Waals surface area (Å²) >= 11 is 1.61. The maximum absolute atomic E-state index is 12.1. The number of nitrogens with zero attached hydrogens (tertiary/aromatic N) is 1. The second kappa shape index (κ2) is 11.7. The fourth-order valence-corrected chi connectivity index (χ4v) is 2.46. The molecular weight excluding hydrogens is 322 g/mol. The van der Waals surface area contributed by atoms with Gasteiger partial charge in [-0.25, -0.2) is 4.79 Å². The first-order valence-corrected chi connectivity index (χ1v) is 9.25. The van der Waals surface area contributed by atoms with Gasteiger partial charge in [0, 0.05) is 18.5 Å². The fourth-order valence-electron chi connectivity index (χ4n) is 1.87. The van der Waals surface area contributed by atoms with E-state index >= 15 is 0 Å². The summed E-state index contributed by atoms with van der Waals surface area (Å²) in [5.41, 5.74) is -0.426. The van der Waals surface area contributed by atoms with Gasteiger partial charge in [0.15, 0.2) is 0 Å². The minimum Gasteiger partial charge on any atom is -0.459 e. The van der Waals surface area contributed by atoms with Crippen molar-refractivity contribution in [1.29, 1.82) is 0 Å². The average molecular weight is 352 g/mol. The van der Waals surface area contributed by atoms with Crippen molar-refractivity contribution >= 4 is 23.2 Å². The van der Waals surface area contributed by atoms with Crippen LogP contribution in [-0.2, 0) is 14.3 Å². The number of carbonyl (C=O) groups is 2. The summed E-state index contributed by atoms with van der Waals surface area (Å²) in [4.78, 5) is 26.4. The summed E-state index contributed by atoms with van der Waals surface area (Å²) in [7, 11) is 0.